The molecule has 0 unspecified atom stereocenters. The molecule has 1 aromatic rings. The van der Waals surface area contributed by atoms with Gasteiger partial charge in [-0.3, -0.25) is 4.79 Å². The van der Waals surface area contributed by atoms with Crippen LogP contribution in [-0.2, 0) is 5.75 Å². The fourth-order valence-electron chi connectivity index (χ4n) is 1.19. The molecule has 0 saturated heterocycles. The molecule has 0 spiro atoms. The van der Waals surface area contributed by atoms with E-state index in [2.05, 4.69) is 6.92 Å². The summed E-state index contributed by atoms with van der Waals surface area (Å²) in [5.41, 5.74) is 1.07. The zero-order valence-corrected chi connectivity index (χ0v) is 10.6. The average molecular weight is 247 g/mol. The number of unbranched alkanes of at least 4 members (excludes halogenated alkanes) is 1. The Morgan fingerprint density at radius 1 is 1.60 bits per heavy atom. The number of aryl methyl sites for hydroxylation is 1. The van der Waals surface area contributed by atoms with Crippen molar-refractivity contribution in [3.8, 4) is 0 Å². The Balaban J connectivity index is 2.50. The summed E-state index contributed by atoms with van der Waals surface area (Å²) in [6.45, 7) is 4.03. The van der Waals surface area contributed by atoms with Crippen LogP contribution in [0.1, 0.15) is 41.6 Å². The van der Waals surface area contributed by atoms with Crippen molar-refractivity contribution in [2.75, 3.05) is 5.75 Å². The van der Waals surface area contributed by atoms with Crippen LogP contribution in [0.3, 0.4) is 0 Å². The Labute approximate surface area is 99.4 Å². The highest BCUT2D eigenvalue weighted by atomic mass is 35.5. The third-order valence-electron chi connectivity index (χ3n) is 2.11. The number of carbonyl (C=O) groups excluding carboxylic acids is 1. The molecular formula is C11H15ClO2S. The standard InChI is InChI=1S/C11H15ClO2S/c1-3-4-5-15-7-9-6-10(11(12)13)14-8(9)2/h6H,3-5,7H2,1-2H3. The second-order valence-electron chi connectivity index (χ2n) is 3.37. The molecule has 4 heteroatoms. The number of thioether (sulfide) groups is 1. The smallest absolute Gasteiger partial charge is 0.287 e. The first kappa shape index (κ1) is 12.7. The van der Waals surface area contributed by atoms with Gasteiger partial charge in [-0.2, -0.15) is 11.8 Å². The maximum absolute atomic E-state index is 10.9. The van der Waals surface area contributed by atoms with Gasteiger partial charge in [0.2, 0.25) is 0 Å². The number of carbonyl (C=O) groups is 1. The summed E-state index contributed by atoms with van der Waals surface area (Å²) in [4.78, 5) is 10.9. The topological polar surface area (TPSA) is 30.2 Å². The van der Waals surface area contributed by atoms with Gasteiger partial charge in [-0.1, -0.05) is 13.3 Å². The molecule has 1 rings (SSSR count). The van der Waals surface area contributed by atoms with Crippen molar-refractivity contribution in [1.82, 2.24) is 0 Å². The lowest BCUT2D eigenvalue weighted by Gasteiger charge is -1.98. The summed E-state index contributed by atoms with van der Waals surface area (Å²) < 4.78 is 5.24. The van der Waals surface area contributed by atoms with E-state index in [9.17, 15) is 4.79 Å². The monoisotopic (exact) mass is 246 g/mol. The number of furan rings is 1. The highest BCUT2D eigenvalue weighted by molar-refractivity contribution is 7.98. The van der Waals surface area contributed by atoms with Gasteiger partial charge in [-0.15, -0.1) is 0 Å². The van der Waals surface area contributed by atoms with Crippen LogP contribution in [0.25, 0.3) is 0 Å². The van der Waals surface area contributed by atoms with Gasteiger partial charge < -0.3 is 4.42 Å². The predicted molar refractivity (Wildman–Crippen MR) is 64.7 cm³/mol. The second-order valence-corrected chi connectivity index (χ2v) is 4.82. The SMILES string of the molecule is CCCCSCc1cc(C(=O)Cl)oc1C. The number of hydrogen-bond donors (Lipinski definition) is 0. The van der Waals surface area contributed by atoms with Crippen LogP contribution in [0.15, 0.2) is 10.5 Å². The molecule has 15 heavy (non-hydrogen) atoms. The quantitative estimate of drug-likeness (QED) is 0.561. The molecule has 0 bridgehead atoms. The van der Waals surface area contributed by atoms with E-state index in [0.717, 1.165) is 22.8 Å². The largest absolute Gasteiger partial charge is 0.457 e. The van der Waals surface area contributed by atoms with Crippen molar-refractivity contribution in [1.29, 1.82) is 0 Å². The van der Waals surface area contributed by atoms with E-state index >= 15 is 0 Å². The van der Waals surface area contributed by atoms with Gasteiger partial charge in [0.25, 0.3) is 5.24 Å². The highest BCUT2D eigenvalue weighted by Gasteiger charge is 2.11. The molecule has 0 amide bonds. The van der Waals surface area contributed by atoms with Crippen LogP contribution in [0, 0.1) is 6.92 Å². The van der Waals surface area contributed by atoms with Gasteiger partial charge in [-0.25, -0.2) is 0 Å². The maximum Gasteiger partial charge on any atom is 0.287 e. The Morgan fingerprint density at radius 2 is 2.33 bits per heavy atom. The second kappa shape index (κ2) is 6.23. The molecule has 1 heterocycles. The fraction of sp³-hybridized carbons (Fsp3) is 0.545. The van der Waals surface area contributed by atoms with Crippen molar-refractivity contribution in [3.05, 3.63) is 23.2 Å². The normalized spacial score (nSPS) is 10.6. The van der Waals surface area contributed by atoms with Crippen molar-refractivity contribution < 1.29 is 9.21 Å². The van der Waals surface area contributed by atoms with Gasteiger partial charge in [0.15, 0.2) is 5.76 Å². The minimum atomic E-state index is -0.525. The molecule has 2 nitrogen and oxygen atoms in total. The van der Waals surface area contributed by atoms with Crippen molar-refractivity contribution in [3.63, 3.8) is 0 Å². The summed E-state index contributed by atoms with van der Waals surface area (Å²) in [5.74, 6) is 3.08. The van der Waals surface area contributed by atoms with E-state index in [1.165, 1.54) is 12.8 Å². The first-order valence-electron chi connectivity index (χ1n) is 5.02. The van der Waals surface area contributed by atoms with Crippen molar-refractivity contribution in [2.24, 2.45) is 0 Å². The van der Waals surface area contributed by atoms with E-state index < -0.39 is 5.24 Å². The lowest BCUT2D eigenvalue weighted by Crippen LogP contribution is -1.84. The highest BCUT2D eigenvalue weighted by Crippen LogP contribution is 2.21. The Morgan fingerprint density at radius 3 is 2.87 bits per heavy atom. The van der Waals surface area contributed by atoms with Gasteiger partial charge in [0.05, 0.1) is 0 Å². The zero-order valence-electron chi connectivity index (χ0n) is 9.01. The van der Waals surface area contributed by atoms with Crippen LogP contribution >= 0.6 is 23.4 Å². The number of halogens is 1. The molecule has 0 aliphatic heterocycles. The molecule has 1 aromatic heterocycles. The Kier molecular flexibility index (Phi) is 5.26. The predicted octanol–water partition coefficient (Wildman–Crippen LogP) is 4.00. The molecule has 0 radical (unpaired) electrons. The zero-order chi connectivity index (χ0) is 11.3. The van der Waals surface area contributed by atoms with E-state index in [0.29, 0.717) is 0 Å². The summed E-state index contributed by atoms with van der Waals surface area (Å²) in [7, 11) is 0. The molecule has 0 N–H and O–H groups in total. The fourth-order valence-corrected chi connectivity index (χ4v) is 2.43. The number of rotatable bonds is 6. The molecule has 0 aliphatic carbocycles. The molecule has 0 atom stereocenters. The summed E-state index contributed by atoms with van der Waals surface area (Å²) >= 11 is 7.19. The third kappa shape index (κ3) is 3.92. The summed E-state index contributed by atoms with van der Waals surface area (Å²) in [6.07, 6.45) is 2.44. The average Bonchev–Trinajstić information content (AvgIpc) is 2.55. The van der Waals surface area contributed by atoms with Gasteiger partial charge in [-0.05, 0) is 36.8 Å². The molecular weight excluding hydrogens is 232 g/mol. The summed E-state index contributed by atoms with van der Waals surface area (Å²) in [5, 5.41) is -0.525. The van der Waals surface area contributed by atoms with Crippen LogP contribution in [0.2, 0.25) is 0 Å². The van der Waals surface area contributed by atoms with E-state index in [1.54, 1.807) is 6.07 Å². The van der Waals surface area contributed by atoms with Crippen LogP contribution in [0.4, 0.5) is 0 Å². The van der Waals surface area contributed by atoms with E-state index in [4.69, 9.17) is 16.0 Å². The van der Waals surface area contributed by atoms with E-state index in [1.807, 2.05) is 18.7 Å². The number of hydrogen-bond acceptors (Lipinski definition) is 3. The van der Waals surface area contributed by atoms with Crippen LogP contribution in [0.5, 0.6) is 0 Å². The van der Waals surface area contributed by atoms with Crippen molar-refractivity contribution in [2.45, 2.75) is 32.4 Å². The van der Waals surface area contributed by atoms with Gasteiger partial charge in [0, 0.05) is 11.3 Å². The van der Waals surface area contributed by atoms with E-state index in [-0.39, 0.29) is 5.76 Å². The van der Waals surface area contributed by atoms with Gasteiger partial charge in [0.1, 0.15) is 5.76 Å². The minimum absolute atomic E-state index is 0.250. The van der Waals surface area contributed by atoms with Crippen LogP contribution < -0.4 is 0 Å². The Bertz CT molecular complexity index is 333. The van der Waals surface area contributed by atoms with Crippen LogP contribution in [-0.4, -0.2) is 11.0 Å². The first-order valence-corrected chi connectivity index (χ1v) is 6.55. The Hall–Kier alpha value is -0.410. The maximum atomic E-state index is 10.9. The molecule has 0 aliphatic rings. The first-order chi connectivity index (χ1) is 7.15. The molecule has 0 aromatic carbocycles. The lowest BCUT2D eigenvalue weighted by atomic mass is 10.3. The van der Waals surface area contributed by atoms with Crippen molar-refractivity contribution >= 4 is 28.6 Å². The lowest BCUT2D eigenvalue weighted by molar-refractivity contribution is 0.105. The molecule has 0 fully saturated rings. The minimum Gasteiger partial charge on any atom is -0.457 e. The van der Waals surface area contributed by atoms with Gasteiger partial charge >= 0.3 is 0 Å². The summed E-state index contributed by atoms with van der Waals surface area (Å²) in [6, 6.07) is 1.74. The molecule has 0 saturated carbocycles. The molecule has 84 valence electrons. The third-order valence-corrected chi connectivity index (χ3v) is 3.39.